The number of phenolic OH excluding ortho intramolecular Hbond substituents is 2. The molecule has 0 radical (unpaired) electrons. The zero-order chi connectivity index (χ0) is 20.3. The summed E-state index contributed by atoms with van der Waals surface area (Å²) < 4.78 is 9.82. The lowest BCUT2D eigenvalue weighted by Crippen LogP contribution is -1.98. The molecule has 28 heavy (non-hydrogen) atoms. The van der Waals surface area contributed by atoms with E-state index in [9.17, 15) is 19.8 Å². The molecule has 0 saturated carbocycles. The van der Waals surface area contributed by atoms with Gasteiger partial charge in [0.05, 0.1) is 0 Å². The highest BCUT2D eigenvalue weighted by Gasteiger charge is 2.05. The Kier molecular flexibility index (Phi) is 5.92. The molecule has 0 atom stereocenters. The molecule has 6 nitrogen and oxygen atoms in total. The predicted octanol–water partition coefficient (Wildman–Crippen LogP) is 4.47. The van der Waals surface area contributed by atoms with Gasteiger partial charge in [-0.3, -0.25) is 0 Å². The van der Waals surface area contributed by atoms with Gasteiger partial charge in [0.2, 0.25) is 0 Å². The van der Waals surface area contributed by atoms with Crippen molar-refractivity contribution in [1.29, 1.82) is 0 Å². The molecule has 0 aliphatic heterocycles. The van der Waals surface area contributed by atoms with Crippen molar-refractivity contribution in [3.05, 3.63) is 80.5 Å². The summed E-state index contributed by atoms with van der Waals surface area (Å²) in [6, 6.07) is 11.9. The molecule has 0 saturated heterocycles. The number of hydrogen-bond acceptors (Lipinski definition) is 6. The predicted molar refractivity (Wildman–Crippen MR) is 107 cm³/mol. The molecule has 144 valence electrons. The summed E-state index contributed by atoms with van der Waals surface area (Å²) >= 11 is 11.3. The average molecular weight is 421 g/mol. The topological polar surface area (TPSA) is 101 Å². The first kappa shape index (κ1) is 19.8. The summed E-state index contributed by atoms with van der Waals surface area (Å²) in [6.07, 6.45) is 0. The Labute approximate surface area is 168 Å². The van der Waals surface area contributed by atoms with Gasteiger partial charge in [-0.25, -0.2) is 9.59 Å². The molecule has 2 N–H and O–H groups in total. The lowest BCUT2D eigenvalue weighted by Gasteiger charge is -2.01. The molecule has 2 aromatic heterocycles. The van der Waals surface area contributed by atoms with Gasteiger partial charge in [-0.2, -0.15) is 0 Å². The number of halogens is 2. The molecule has 2 aromatic carbocycles. The van der Waals surface area contributed by atoms with Crippen LogP contribution >= 0.6 is 23.2 Å². The van der Waals surface area contributed by atoms with E-state index in [1.807, 2.05) is 0 Å². The third-order valence-electron chi connectivity index (χ3n) is 3.92. The Bertz CT molecular complexity index is 1160. The minimum Gasteiger partial charge on any atom is -0.508 e. The fraction of sp³-hybridized carbons (Fsp3) is 0.100. The second-order valence-electron chi connectivity index (χ2n) is 5.81. The first-order chi connectivity index (χ1) is 13.4. The molecule has 4 aromatic rings. The van der Waals surface area contributed by atoms with Gasteiger partial charge in [-0.05, 0) is 35.4 Å². The van der Waals surface area contributed by atoms with Crippen molar-refractivity contribution in [2.75, 3.05) is 0 Å². The fourth-order valence-electron chi connectivity index (χ4n) is 2.66. The average Bonchev–Trinajstić information content (AvgIpc) is 2.66. The Hall–Kier alpha value is -2.96. The van der Waals surface area contributed by atoms with E-state index in [0.29, 0.717) is 22.3 Å². The van der Waals surface area contributed by atoms with Crippen molar-refractivity contribution in [3.63, 3.8) is 0 Å². The van der Waals surface area contributed by atoms with Crippen molar-refractivity contribution >= 4 is 45.1 Å². The lowest BCUT2D eigenvalue weighted by molar-refractivity contribution is 0.472. The smallest absolute Gasteiger partial charge is 0.336 e. The lowest BCUT2D eigenvalue weighted by atomic mass is 10.1. The van der Waals surface area contributed by atoms with Gasteiger partial charge in [0.15, 0.2) is 0 Å². The van der Waals surface area contributed by atoms with Crippen LogP contribution in [0.5, 0.6) is 11.5 Å². The highest BCUT2D eigenvalue weighted by Crippen LogP contribution is 2.23. The summed E-state index contributed by atoms with van der Waals surface area (Å²) in [5, 5.41) is 19.9. The van der Waals surface area contributed by atoms with E-state index in [1.165, 1.54) is 36.4 Å². The summed E-state index contributed by atoms with van der Waals surface area (Å²) in [7, 11) is 0. The highest BCUT2D eigenvalue weighted by atomic mass is 35.5. The van der Waals surface area contributed by atoms with E-state index in [-0.39, 0.29) is 23.3 Å². The highest BCUT2D eigenvalue weighted by molar-refractivity contribution is 6.18. The van der Waals surface area contributed by atoms with E-state index < -0.39 is 11.3 Å². The molecular weight excluding hydrogens is 407 g/mol. The molecule has 8 heteroatoms. The Balaban J connectivity index is 0.000000161. The number of aromatic hydroxyl groups is 2. The minimum absolute atomic E-state index is 0.0624. The zero-order valence-electron chi connectivity index (χ0n) is 14.3. The maximum Gasteiger partial charge on any atom is 0.336 e. The zero-order valence-corrected chi connectivity index (χ0v) is 15.8. The van der Waals surface area contributed by atoms with Crippen molar-refractivity contribution in [2.45, 2.75) is 11.8 Å². The quantitative estimate of drug-likeness (QED) is 0.366. The molecule has 0 spiro atoms. The van der Waals surface area contributed by atoms with Gasteiger partial charge in [-0.15, -0.1) is 23.2 Å². The summed E-state index contributed by atoms with van der Waals surface area (Å²) in [5.74, 6) is 0.611. The van der Waals surface area contributed by atoms with Gasteiger partial charge in [-0.1, -0.05) is 0 Å². The number of phenols is 2. The van der Waals surface area contributed by atoms with E-state index in [4.69, 9.17) is 32.0 Å². The molecule has 4 rings (SSSR count). The van der Waals surface area contributed by atoms with Crippen LogP contribution in [-0.2, 0) is 11.8 Å². The van der Waals surface area contributed by atoms with Crippen molar-refractivity contribution < 1.29 is 19.0 Å². The largest absolute Gasteiger partial charge is 0.508 e. The normalized spacial score (nSPS) is 10.6. The van der Waals surface area contributed by atoms with Crippen LogP contribution in [0.3, 0.4) is 0 Å². The van der Waals surface area contributed by atoms with Crippen LogP contribution in [0.15, 0.2) is 67.0 Å². The maximum atomic E-state index is 11.1. The van der Waals surface area contributed by atoms with Crippen LogP contribution < -0.4 is 11.3 Å². The van der Waals surface area contributed by atoms with E-state index in [2.05, 4.69) is 0 Å². The monoisotopic (exact) mass is 420 g/mol. The Morgan fingerprint density at radius 3 is 1.43 bits per heavy atom. The molecule has 0 amide bonds. The summed E-state index contributed by atoms with van der Waals surface area (Å²) in [6.45, 7) is 0. The van der Waals surface area contributed by atoms with E-state index in [0.717, 1.165) is 10.8 Å². The summed E-state index contributed by atoms with van der Waals surface area (Å²) in [5.41, 5.74) is 1.20. The van der Waals surface area contributed by atoms with Crippen LogP contribution in [0.4, 0.5) is 0 Å². The van der Waals surface area contributed by atoms with Gasteiger partial charge >= 0.3 is 11.3 Å². The van der Waals surface area contributed by atoms with Crippen LogP contribution in [0.25, 0.3) is 21.9 Å². The Morgan fingerprint density at radius 2 is 1.07 bits per heavy atom. The minimum atomic E-state index is -0.459. The van der Waals surface area contributed by atoms with E-state index in [1.54, 1.807) is 12.1 Å². The van der Waals surface area contributed by atoms with Gasteiger partial charge < -0.3 is 19.0 Å². The number of benzene rings is 2. The maximum absolute atomic E-state index is 11.1. The molecule has 0 bridgehead atoms. The molecule has 0 unspecified atom stereocenters. The summed E-state index contributed by atoms with van der Waals surface area (Å²) in [4.78, 5) is 22.1. The number of hydrogen-bond donors (Lipinski definition) is 2. The Morgan fingerprint density at radius 1 is 0.679 bits per heavy atom. The van der Waals surface area contributed by atoms with Crippen LogP contribution in [0, 0.1) is 0 Å². The van der Waals surface area contributed by atoms with Crippen molar-refractivity contribution in [3.8, 4) is 11.5 Å². The molecule has 0 aliphatic rings. The number of alkyl halides is 2. The molecule has 0 aliphatic carbocycles. The first-order valence-electron chi connectivity index (χ1n) is 8.04. The third kappa shape index (κ3) is 4.30. The SMILES string of the molecule is O=c1cc(CCl)c2ccc(O)cc2o1.O=c1cc(CCl)c2ccc(O)cc2o1. The third-order valence-corrected chi connectivity index (χ3v) is 4.49. The van der Waals surface area contributed by atoms with Crippen LogP contribution in [0.1, 0.15) is 11.1 Å². The van der Waals surface area contributed by atoms with Gasteiger partial charge in [0.25, 0.3) is 0 Å². The van der Waals surface area contributed by atoms with Gasteiger partial charge in [0.1, 0.15) is 22.7 Å². The number of rotatable bonds is 2. The molecule has 2 heterocycles. The number of fused-ring (bicyclic) bond motifs is 2. The van der Waals surface area contributed by atoms with Crippen molar-refractivity contribution in [1.82, 2.24) is 0 Å². The molecular formula is C20H14Cl2O6. The van der Waals surface area contributed by atoms with Crippen LogP contribution in [-0.4, -0.2) is 10.2 Å². The van der Waals surface area contributed by atoms with Crippen molar-refractivity contribution in [2.24, 2.45) is 0 Å². The fourth-order valence-corrected chi connectivity index (χ4v) is 3.10. The van der Waals surface area contributed by atoms with Gasteiger partial charge in [0, 0.05) is 46.8 Å². The van der Waals surface area contributed by atoms with E-state index >= 15 is 0 Å². The first-order valence-corrected chi connectivity index (χ1v) is 9.11. The second-order valence-corrected chi connectivity index (χ2v) is 6.34. The van der Waals surface area contributed by atoms with Crippen LogP contribution in [0.2, 0.25) is 0 Å². The second kappa shape index (κ2) is 8.37. The standard InChI is InChI=1S/2C10H7ClO3/c2*11-5-6-3-10(13)14-9-4-7(12)1-2-8(6)9/h2*1-4,12H,5H2. The molecule has 0 fully saturated rings.